The highest BCUT2D eigenvalue weighted by Crippen LogP contribution is 2.33. The van der Waals surface area contributed by atoms with Crippen LogP contribution in [0.5, 0.6) is 0 Å². The van der Waals surface area contributed by atoms with E-state index in [2.05, 4.69) is 37.2 Å². The maximum atomic E-state index is 3.74. The van der Waals surface area contributed by atoms with Crippen LogP contribution in [0.25, 0.3) is 0 Å². The highest BCUT2D eigenvalue weighted by Gasteiger charge is 2.31. The maximum Gasteiger partial charge on any atom is 0.0209 e. The van der Waals surface area contributed by atoms with Gasteiger partial charge in [-0.1, -0.05) is 13.8 Å². The first kappa shape index (κ1) is 13.7. The quantitative estimate of drug-likeness (QED) is 0.724. The molecule has 1 nitrogen and oxygen atoms in total. The third kappa shape index (κ3) is 5.01. The lowest BCUT2D eigenvalue weighted by atomic mass is 9.82. The predicted octanol–water partition coefficient (Wildman–Crippen LogP) is 3.25. The van der Waals surface area contributed by atoms with E-state index in [1.54, 1.807) is 0 Å². The van der Waals surface area contributed by atoms with Crippen molar-refractivity contribution in [2.75, 3.05) is 30.1 Å². The van der Waals surface area contributed by atoms with Gasteiger partial charge in [-0.05, 0) is 49.0 Å². The van der Waals surface area contributed by atoms with Gasteiger partial charge < -0.3 is 5.32 Å². The van der Waals surface area contributed by atoms with Crippen LogP contribution < -0.4 is 5.32 Å². The summed E-state index contributed by atoms with van der Waals surface area (Å²) in [5, 5.41) is 3.74. The number of unbranched alkanes of at least 4 members (excludes halogenated alkanes) is 1. The smallest absolute Gasteiger partial charge is 0.0209 e. The minimum atomic E-state index is 0.505. The molecule has 0 saturated carbocycles. The van der Waals surface area contributed by atoms with Crippen molar-refractivity contribution < 1.29 is 0 Å². The van der Waals surface area contributed by atoms with Gasteiger partial charge in [0, 0.05) is 11.8 Å². The molecule has 0 bridgehead atoms. The first-order valence-corrected chi connectivity index (χ1v) is 8.52. The largest absolute Gasteiger partial charge is 0.313 e. The number of nitrogens with one attached hydrogen (secondary N) is 1. The van der Waals surface area contributed by atoms with Gasteiger partial charge in [-0.2, -0.15) is 23.5 Å². The van der Waals surface area contributed by atoms with Crippen molar-refractivity contribution in [1.29, 1.82) is 0 Å². The molecule has 0 aromatic heterocycles. The highest BCUT2D eigenvalue weighted by molar-refractivity contribution is 7.99. The summed E-state index contributed by atoms with van der Waals surface area (Å²) in [5.41, 5.74) is 0.505. The van der Waals surface area contributed by atoms with Gasteiger partial charge in [0.15, 0.2) is 0 Å². The molecule has 0 radical (unpaired) electrons. The summed E-state index contributed by atoms with van der Waals surface area (Å²) in [4.78, 5) is 0. The van der Waals surface area contributed by atoms with Gasteiger partial charge in [0.25, 0.3) is 0 Å². The van der Waals surface area contributed by atoms with Crippen LogP contribution in [-0.4, -0.2) is 36.1 Å². The lowest BCUT2D eigenvalue weighted by molar-refractivity contribution is 0.246. The summed E-state index contributed by atoms with van der Waals surface area (Å²) in [7, 11) is 0. The van der Waals surface area contributed by atoms with Gasteiger partial charge in [-0.3, -0.25) is 0 Å². The Hall–Kier alpha value is 0.660. The second-order valence-corrected chi connectivity index (χ2v) is 7.16. The van der Waals surface area contributed by atoms with Crippen molar-refractivity contribution in [3.8, 4) is 0 Å². The first-order valence-electron chi connectivity index (χ1n) is 5.97. The average molecular weight is 247 g/mol. The minimum absolute atomic E-state index is 0.505. The molecule has 3 heteroatoms. The Morgan fingerprint density at radius 1 is 1.40 bits per heavy atom. The molecule has 1 heterocycles. The molecule has 1 aliphatic heterocycles. The molecule has 0 spiro atoms. The number of hydrogen-bond acceptors (Lipinski definition) is 3. The van der Waals surface area contributed by atoms with Crippen LogP contribution in [-0.2, 0) is 0 Å². The zero-order chi connectivity index (χ0) is 11.1. The van der Waals surface area contributed by atoms with Gasteiger partial charge in [-0.15, -0.1) is 0 Å². The fourth-order valence-corrected chi connectivity index (χ4v) is 4.05. The zero-order valence-electron chi connectivity index (χ0n) is 10.3. The van der Waals surface area contributed by atoms with Crippen molar-refractivity contribution in [2.45, 2.75) is 39.2 Å². The van der Waals surface area contributed by atoms with E-state index in [1.165, 1.54) is 43.1 Å². The van der Waals surface area contributed by atoms with E-state index in [-0.39, 0.29) is 0 Å². The lowest BCUT2D eigenvalue weighted by Crippen LogP contribution is -2.46. The number of rotatable bonds is 6. The van der Waals surface area contributed by atoms with Crippen LogP contribution >= 0.6 is 23.5 Å². The first-order chi connectivity index (χ1) is 7.17. The van der Waals surface area contributed by atoms with E-state index >= 15 is 0 Å². The van der Waals surface area contributed by atoms with Crippen LogP contribution in [0.2, 0.25) is 0 Å². The summed E-state index contributed by atoms with van der Waals surface area (Å²) in [5.74, 6) is 3.96. The van der Waals surface area contributed by atoms with Crippen molar-refractivity contribution in [2.24, 2.45) is 5.41 Å². The Labute approximate surface area is 104 Å². The third-order valence-electron chi connectivity index (χ3n) is 3.28. The molecule has 0 aromatic rings. The highest BCUT2D eigenvalue weighted by atomic mass is 32.2. The fraction of sp³-hybridized carbons (Fsp3) is 1.00. The topological polar surface area (TPSA) is 12.0 Å². The molecule has 1 unspecified atom stereocenters. The van der Waals surface area contributed by atoms with Crippen molar-refractivity contribution in [3.05, 3.63) is 0 Å². The van der Waals surface area contributed by atoms with Crippen LogP contribution in [0.4, 0.5) is 0 Å². The second kappa shape index (κ2) is 7.08. The predicted molar refractivity (Wildman–Crippen MR) is 75.1 cm³/mol. The van der Waals surface area contributed by atoms with Gasteiger partial charge in [0.1, 0.15) is 0 Å². The van der Waals surface area contributed by atoms with Gasteiger partial charge in [0.2, 0.25) is 0 Å². The standard InChI is InChI=1S/C12H25NS2/c1-12(2)6-9-15-10-11(12)13-7-4-5-8-14-3/h11,13H,4-10H2,1-3H3. The molecule has 1 rings (SSSR count). The van der Waals surface area contributed by atoms with Crippen molar-refractivity contribution in [3.63, 3.8) is 0 Å². The molecule has 1 fully saturated rings. The summed E-state index contributed by atoms with van der Waals surface area (Å²) in [6.07, 6.45) is 6.24. The van der Waals surface area contributed by atoms with Crippen LogP contribution in [0.3, 0.4) is 0 Å². The second-order valence-electron chi connectivity index (χ2n) is 5.02. The molecule has 1 atom stereocenters. The maximum absolute atomic E-state index is 3.74. The number of thioether (sulfide) groups is 2. The molecule has 1 N–H and O–H groups in total. The molecule has 0 aromatic carbocycles. The summed E-state index contributed by atoms with van der Waals surface area (Å²) in [6.45, 7) is 6.02. The Morgan fingerprint density at radius 3 is 2.87 bits per heavy atom. The van der Waals surface area contributed by atoms with E-state index in [0.717, 1.165) is 6.04 Å². The molecule has 1 saturated heterocycles. The van der Waals surface area contributed by atoms with Crippen molar-refractivity contribution in [1.82, 2.24) is 5.32 Å². The third-order valence-corrected chi connectivity index (χ3v) is 5.04. The molecule has 0 aliphatic carbocycles. The summed E-state index contributed by atoms with van der Waals surface area (Å²) in [6, 6.07) is 0.727. The molecule has 0 amide bonds. The van der Waals surface area contributed by atoms with Crippen LogP contribution in [0.1, 0.15) is 33.1 Å². The SMILES string of the molecule is CSCCCCNC1CSCCC1(C)C. The Kier molecular flexibility index (Phi) is 6.48. The molecule has 90 valence electrons. The average Bonchev–Trinajstić information content (AvgIpc) is 2.19. The minimum Gasteiger partial charge on any atom is -0.313 e. The monoisotopic (exact) mass is 247 g/mol. The Balaban J connectivity index is 2.13. The Bertz CT molecular complexity index is 171. The lowest BCUT2D eigenvalue weighted by Gasteiger charge is -2.39. The van der Waals surface area contributed by atoms with Crippen molar-refractivity contribution >= 4 is 23.5 Å². The number of hydrogen-bond donors (Lipinski definition) is 1. The van der Waals surface area contributed by atoms with E-state index in [4.69, 9.17) is 0 Å². The fourth-order valence-electron chi connectivity index (χ4n) is 1.92. The molecular formula is C12H25NS2. The van der Waals surface area contributed by atoms with Crippen LogP contribution in [0, 0.1) is 5.41 Å². The van der Waals surface area contributed by atoms with Crippen LogP contribution in [0.15, 0.2) is 0 Å². The molecule has 1 aliphatic rings. The normalized spacial score (nSPS) is 25.4. The Morgan fingerprint density at radius 2 is 2.20 bits per heavy atom. The summed E-state index contributed by atoms with van der Waals surface area (Å²) < 4.78 is 0. The van der Waals surface area contributed by atoms with E-state index in [1.807, 2.05) is 11.8 Å². The van der Waals surface area contributed by atoms with Gasteiger partial charge >= 0.3 is 0 Å². The van der Waals surface area contributed by atoms with Gasteiger partial charge in [0.05, 0.1) is 0 Å². The van der Waals surface area contributed by atoms with E-state index < -0.39 is 0 Å². The van der Waals surface area contributed by atoms with Gasteiger partial charge in [-0.25, -0.2) is 0 Å². The van der Waals surface area contributed by atoms with E-state index in [9.17, 15) is 0 Å². The summed E-state index contributed by atoms with van der Waals surface area (Å²) >= 11 is 4.06. The van der Waals surface area contributed by atoms with E-state index in [0.29, 0.717) is 5.41 Å². The molecule has 15 heavy (non-hydrogen) atoms. The molecular weight excluding hydrogens is 222 g/mol. The zero-order valence-corrected chi connectivity index (χ0v) is 12.0.